The molecule has 16 heavy (non-hydrogen) atoms. The minimum atomic E-state index is 0.241. The summed E-state index contributed by atoms with van der Waals surface area (Å²) in [6.45, 7) is 11.9. The predicted molar refractivity (Wildman–Crippen MR) is 71.0 cm³/mol. The Morgan fingerprint density at radius 2 is 1.94 bits per heavy atom. The number of nitrogens with one attached hydrogen (secondary N) is 1. The van der Waals surface area contributed by atoms with E-state index in [-0.39, 0.29) is 5.54 Å². The standard InChI is InChI=1S/C13H30N2O/c1-12(15(5)10-11-16-6)8-7-9-14-13(2,3)4/h12,14H,7-11H2,1-6H3. The molecule has 3 nitrogen and oxygen atoms in total. The fourth-order valence-electron chi connectivity index (χ4n) is 1.54. The van der Waals surface area contributed by atoms with Crippen LogP contribution in [-0.4, -0.2) is 50.3 Å². The van der Waals surface area contributed by atoms with E-state index in [2.05, 4.69) is 45.0 Å². The van der Waals surface area contributed by atoms with E-state index in [4.69, 9.17) is 4.74 Å². The van der Waals surface area contributed by atoms with Crippen LogP contribution in [0.2, 0.25) is 0 Å². The number of hydrogen-bond donors (Lipinski definition) is 1. The molecule has 0 aliphatic rings. The molecule has 0 rings (SSSR count). The number of rotatable bonds is 8. The molecule has 0 aromatic rings. The normalized spacial score (nSPS) is 14.4. The van der Waals surface area contributed by atoms with E-state index in [0.29, 0.717) is 6.04 Å². The summed E-state index contributed by atoms with van der Waals surface area (Å²) in [6, 6.07) is 0.636. The van der Waals surface area contributed by atoms with Crippen molar-refractivity contribution < 1.29 is 4.74 Å². The second kappa shape index (κ2) is 8.04. The zero-order valence-electron chi connectivity index (χ0n) is 12.0. The Bertz CT molecular complexity index is 166. The van der Waals surface area contributed by atoms with Crippen LogP contribution in [-0.2, 0) is 4.74 Å². The van der Waals surface area contributed by atoms with Crippen LogP contribution in [0.5, 0.6) is 0 Å². The van der Waals surface area contributed by atoms with Gasteiger partial charge in [-0.1, -0.05) is 0 Å². The second-order valence-corrected chi connectivity index (χ2v) is 5.64. The zero-order valence-corrected chi connectivity index (χ0v) is 12.0. The lowest BCUT2D eigenvalue weighted by atomic mass is 10.1. The first-order valence-electron chi connectivity index (χ1n) is 6.31. The monoisotopic (exact) mass is 230 g/mol. The van der Waals surface area contributed by atoms with Crippen LogP contribution < -0.4 is 5.32 Å². The van der Waals surface area contributed by atoms with Gasteiger partial charge in [0.2, 0.25) is 0 Å². The van der Waals surface area contributed by atoms with E-state index in [1.165, 1.54) is 12.8 Å². The highest BCUT2D eigenvalue weighted by Crippen LogP contribution is 2.05. The SMILES string of the molecule is COCCN(C)C(C)CCCNC(C)(C)C. The maximum Gasteiger partial charge on any atom is 0.0589 e. The van der Waals surface area contributed by atoms with Gasteiger partial charge in [-0.15, -0.1) is 0 Å². The highest BCUT2D eigenvalue weighted by Gasteiger charge is 2.10. The van der Waals surface area contributed by atoms with E-state index < -0.39 is 0 Å². The van der Waals surface area contributed by atoms with Crippen molar-refractivity contribution in [1.29, 1.82) is 0 Å². The summed E-state index contributed by atoms with van der Waals surface area (Å²) in [7, 11) is 3.92. The van der Waals surface area contributed by atoms with Gasteiger partial charge in [-0.3, -0.25) is 0 Å². The van der Waals surface area contributed by atoms with Gasteiger partial charge in [-0.05, 0) is 54.1 Å². The summed E-state index contributed by atoms with van der Waals surface area (Å²) in [6.07, 6.45) is 2.47. The third-order valence-electron chi connectivity index (χ3n) is 2.85. The van der Waals surface area contributed by atoms with Crippen molar-refractivity contribution in [3.8, 4) is 0 Å². The van der Waals surface area contributed by atoms with Gasteiger partial charge < -0.3 is 15.0 Å². The molecule has 0 saturated carbocycles. The van der Waals surface area contributed by atoms with Gasteiger partial charge >= 0.3 is 0 Å². The molecule has 0 aromatic carbocycles. The maximum atomic E-state index is 5.08. The number of likely N-dealkylation sites (N-methyl/N-ethyl adjacent to an activating group) is 1. The third-order valence-corrected chi connectivity index (χ3v) is 2.85. The topological polar surface area (TPSA) is 24.5 Å². The number of hydrogen-bond acceptors (Lipinski definition) is 3. The van der Waals surface area contributed by atoms with Crippen LogP contribution in [0.25, 0.3) is 0 Å². The van der Waals surface area contributed by atoms with Gasteiger partial charge in [-0.2, -0.15) is 0 Å². The molecule has 0 aliphatic carbocycles. The molecule has 0 aromatic heterocycles. The van der Waals surface area contributed by atoms with Crippen LogP contribution in [0, 0.1) is 0 Å². The quantitative estimate of drug-likeness (QED) is 0.646. The molecular weight excluding hydrogens is 200 g/mol. The van der Waals surface area contributed by atoms with Gasteiger partial charge in [0, 0.05) is 25.2 Å². The van der Waals surface area contributed by atoms with Crippen LogP contribution in [0.4, 0.5) is 0 Å². The molecule has 0 heterocycles. The highest BCUT2D eigenvalue weighted by atomic mass is 16.5. The predicted octanol–water partition coefficient (Wildman–Crippen LogP) is 2.12. The molecule has 98 valence electrons. The molecule has 0 bridgehead atoms. The molecule has 0 spiro atoms. The Morgan fingerprint density at radius 3 is 2.44 bits per heavy atom. The summed E-state index contributed by atoms with van der Waals surface area (Å²) in [4.78, 5) is 2.36. The van der Waals surface area contributed by atoms with Crippen molar-refractivity contribution in [3.05, 3.63) is 0 Å². The van der Waals surface area contributed by atoms with E-state index in [0.717, 1.165) is 19.7 Å². The molecule has 0 amide bonds. The van der Waals surface area contributed by atoms with E-state index in [1.807, 2.05) is 0 Å². The van der Waals surface area contributed by atoms with Crippen LogP contribution >= 0.6 is 0 Å². The van der Waals surface area contributed by atoms with Crippen molar-refractivity contribution in [2.24, 2.45) is 0 Å². The lowest BCUT2D eigenvalue weighted by Crippen LogP contribution is -2.37. The summed E-state index contributed by atoms with van der Waals surface area (Å²) < 4.78 is 5.08. The Labute approximate surface area is 102 Å². The van der Waals surface area contributed by atoms with Gasteiger partial charge in [-0.25, -0.2) is 0 Å². The highest BCUT2D eigenvalue weighted by molar-refractivity contribution is 4.71. The van der Waals surface area contributed by atoms with Gasteiger partial charge in [0.25, 0.3) is 0 Å². The molecule has 1 unspecified atom stereocenters. The number of methoxy groups -OCH3 is 1. The lowest BCUT2D eigenvalue weighted by molar-refractivity contribution is 0.139. The van der Waals surface area contributed by atoms with Gasteiger partial charge in [0.1, 0.15) is 0 Å². The van der Waals surface area contributed by atoms with E-state index >= 15 is 0 Å². The van der Waals surface area contributed by atoms with Crippen molar-refractivity contribution >= 4 is 0 Å². The van der Waals surface area contributed by atoms with Crippen LogP contribution in [0.3, 0.4) is 0 Å². The molecule has 0 aliphatic heterocycles. The number of ether oxygens (including phenoxy) is 1. The Morgan fingerprint density at radius 1 is 1.31 bits per heavy atom. The summed E-state index contributed by atoms with van der Waals surface area (Å²) >= 11 is 0. The van der Waals surface area contributed by atoms with Crippen LogP contribution in [0.15, 0.2) is 0 Å². The molecule has 0 radical (unpaired) electrons. The maximum absolute atomic E-state index is 5.08. The lowest BCUT2D eigenvalue weighted by Gasteiger charge is -2.25. The average molecular weight is 230 g/mol. The largest absolute Gasteiger partial charge is 0.383 e. The third kappa shape index (κ3) is 9.13. The van der Waals surface area contributed by atoms with E-state index in [9.17, 15) is 0 Å². The summed E-state index contributed by atoms with van der Waals surface area (Å²) in [5.74, 6) is 0. The molecule has 0 saturated heterocycles. The molecular formula is C13H30N2O. The first kappa shape index (κ1) is 15.9. The van der Waals surface area contributed by atoms with Crippen molar-refractivity contribution in [1.82, 2.24) is 10.2 Å². The minimum Gasteiger partial charge on any atom is -0.383 e. The van der Waals surface area contributed by atoms with Gasteiger partial charge in [0.15, 0.2) is 0 Å². The second-order valence-electron chi connectivity index (χ2n) is 5.64. The minimum absolute atomic E-state index is 0.241. The van der Waals surface area contributed by atoms with Crippen LogP contribution in [0.1, 0.15) is 40.5 Å². The summed E-state index contributed by atoms with van der Waals surface area (Å²) in [5.41, 5.74) is 0.241. The van der Waals surface area contributed by atoms with Crippen molar-refractivity contribution in [3.63, 3.8) is 0 Å². The zero-order chi connectivity index (χ0) is 12.6. The Balaban J connectivity index is 3.53. The number of nitrogens with zero attached hydrogens (tertiary/aromatic N) is 1. The van der Waals surface area contributed by atoms with Crippen molar-refractivity contribution in [2.75, 3.05) is 33.9 Å². The Kier molecular flexibility index (Phi) is 7.98. The first-order valence-corrected chi connectivity index (χ1v) is 6.31. The van der Waals surface area contributed by atoms with Gasteiger partial charge in [0.05, 0.1) is 6.61 Å². The fraction of sp³-hybridized carbons (Fsp3) is 1.00. The first-order chi connectivity index (χ1) is 7.37. The smallest absolute Gasteiger partial charge is 0.0589 e. The molecule has 3 heteroatoms. The van der Waals surface area contributed by atoms with E-state index in [1.54, 1.807) is 7.11 Å². The molecule has 0 fully saturated rings. The molecule has 1 N–H and O–H groups in total. The average Bonchev–Trinajstić information content (AvgIpc) is 2.19. The molecule has 1 atom stereocenters. The fourth-order valence-corrected chi connectivity index (χ4v) is 1.54. The Hall–Kier alpha value is -0.120. The van der Waals surface area contributed by atoms with Crippen molar-refractivity contribution in [2.45, 2.75) is 52.1 Å². The summed E-state index contributed by atoms with van der Waals surface area (Å²) in [5, 5.41) is 3.52.